The Morgan fingerprint density at radius 2 is 1.78 bits per heavy atom. The van der Waals surface area contributed by atoms with Gasteiger partial charge in [0, 0.05) is 18.0 Å². The maximum absolute atomic E-state index is 11.3. The molecule has 5 heteroatoms. The molecular weight excluding hydrogens is 232 g/mol. The Balaban J connectivity index is 2.25. The number of hydrogen-bond acceptors (Lipinski definition) is 5. The molecule has 1 heterocycles. The molecule has 0 bridgehead atoms. The lowest BCUT2D eigenvalue weighted by Crippen LogP contribution is -2.00. The van der Waals surface area contributed by atoms with Crippen LogP contribution in [0.1, 0.15) is 16.2 Å². The van der Waals surface area contributed by atoms with Crippen LogP contribution in [-0.4, -0.2) is 28.2 Å². The molecule has 92 valence electrons. The number of hydrogen-bond donors (Lipinski definition) is 1. The number of aliphatic hydroxyl groups excluding tert-OH is 1. The molecule has 0 unspecified atom stereocenters. The topological polar surface area (TPSA) is 72.3 Å². The van der Waals surface area contributed by atoms with Gasteiger partial charge >= 0.3 is 5.97 Å². The Morgan fingerprint density at radius 3 is 2.28 bits per heavy atom. The molecule has 0 radical (unpaired) electrons. The van der Waals surface area contributed by atoms with Crippen LogP contribution in [0.2, 0.25) is 0 Å². The number of aliphatic hydroxyl groups is 1. The minimum absolute atomic E-state index is 0.179. The highest BCUT2D eigenvalue weighted by Crippen LogP contribution is 2.18. The number of methoxy groups -OCH3 is 1. The molecule has 1 aromatic carbocycles. The quantitative estimate of drug-likeness (QED) is 0.827. The van der Waals surface area contributed by atoms with E-state index in [2.05, 4.69) is 14.7 Å². The van der Waals surface area contributed by atoms with E-state index in [4.69, 9.17) is 5.11 Å². The van der Waals surface area contributed by atoms with Gasteiger partial charge in [-0.2, -0.15) is 0 Å². The normalized spacial score (nSPS) is 10.1. The van der Waals surface area contributed by atoms with Crippen LogP contribution in [0.15, 0.2) is 36.7 Å². The predicted molar refractivity (Wildman–Crippen MR) is 64.7 cm³/mol. The molecule has 0 amide bonds. The molecule has 0 aliphatic carbocycles. The van der Waals surface area contributed by atoms with Gasteiger partial charge in [0.25, 0.3) is 0 Å². The minimum Gasteiger partial charge on any atom is -0.465 e. The van der Waals surface area contributed by atoms with E-state index in [9.17, 15) is 4.79 Å². The van der Waals surface area contributed by atoms with Gasteiger partial charge in [-0.3, -0.25) is 0 Å². The van der Waals surface area contributed by atoms with E-state index in [0.717, 1.165) is 11.1 Å². The van der Waals surface area contributed by atoms with E-state index in [1.807, 2.05) is 0 Å². The van der Waals surface area contributed by atoms with Gasteiger partial charge in [-0.15, -0.1) is 0 Å². The number of rotatable bonds is 3. The van der Waals surface area contributed by atoms with Crippen LogP contribution in [0.4, 0.5) is 0 Å². The summed E-state index contributed by atoms with van der Waals surface area (Å²) in [6.45, 7) is -0.179. The highest BCUT2D eigenvalue weighted by molar-refractivity contribution is 5.89. The van der Waals surface area contributed by atoms with Gasteiger partial charge in [-0.1, -0.05) is 12.1 Å². The van der Waals surface area contributed by atoms with Crippen LogP contribution in [0.3, 0.4) is 0 Å². The molecule has 2 rings (SSSR count). The number of nitrogens with zero attached hydrogens (tertiary/aromatic N) is 2. The van der Waals surface area contributed by atoms with Crippen molar-refractivity contribution in [1.29, 1.82) is 0 Å². The van der Waals surface area contributed by atoms with Gasteiger partial charge in [0.2, 0.25) is 0 Å². The molecule has 0 aliphatic rings. The Hall–Kier alpha value is -2.27. The Kier molecular flexibility index (Phi) is 3.64. The highest BCUT2D eigenvalue weighted by Gasteiger charge is 2.05. The summed E-state index contributed by atoms with van der Waals surface area (Å²) < 4.78 is 4.62. The van der Waals surface area contributed by atoms with Gasteiger partial charge in [-0.25, -0.2) is 14.8 Å². The van der Waals surface area contributed by atoms with Crippen molar-refractivity contribution in [2.24, 2.45) is 0 Å². The summed E-state index contributed by atoms with van der Waals surface area (Å²) in [5.41, 5.74) is 2.21. The highest BCUT2D eigenvalue weighted by atomic mass is 16.5. The van der Waals surface area contributed by atoms with E-state index in [-0.39, 0.29) is 12.6 Å². The minimum atomic E-state index is -0.367. The first kappa shape index (κ1) is 12.2. The first-order valence-corrected chi connectivity index (χ1v) is 5.35. The van der Waals surface area contributed by atoms with E-state index in [1.165, 1.54) is 7.11 Å². The third kappa shape index (κ3) is 2.52. The fourth-order valence-electron chi connectivity index (χ4n) is 1.50. The zero-order chi connectivity index (χ0) is 13.0. The van der Waals surface area contributed by atoms with Gasteiger partial charge < -0.3 is 9.84 Å². The van der Waals surface area contributed by atoms with Crippen LogP contribution in [0.5, 0.6) is 0 Å². The molecule has 0 saturated heterocycles. The molecule has 5 nitrogen and oxygen atoms in total. The standard InChI is InChI=1S/C13H12N2O3/c1-18-13(17)10-4-2-9(3-5-10)11-6-14-12(8-16)15-7-11/h2-7,16H,8H2,1H3. The summed E-state index contributed by atoms with van der Waals surface area (Å²) >= 11 is 0. The lowest BCUT2D eigenvalue weighted by Gasteiger charge is -2.03. The van der Waals surface area contributed by atoms with Crippen LogP contribution in [0, 0.1) is 0 Å². The second kappa shape index (κ2) is 5.37. The second-order valence-corrected chi connectivity index (χ2v) is 3.62. The molecular formula is C13H12N2O3. The molecule has 0 fully saturated rings. The van der Waals surface area contributed by atoms with Crippen molar-refractivity contribution < 1.29 is 14.6 Å². The summed E-state index contributed by atoms with van der Waals surface area (Å²) in [5.74, 6) is 0.0124. The first-order valence-electron chi connectivity index (χ1n) is 5.35. The van der Waals surface area contributed by atoms with E-state index < -0.39 is 0 Å². The van der Waals surface area contributed by atoms with Crippen LogP contribution < -0.4 is 0 Å². The molecule has 1 N–H and O–H groups in total. The number of aromatic nitrogens is 2. The van der Waals surface area contributed by atoms with E-state index in [0.29, 0.717) is 11.4 Å². The van der Waals surface area contributed by atoms with Crippen molar-refractivity contribution in [2.75, 3.05) is 7.11 Å². The maximum Gasteiger partial charge on any atom is 0.337 e. The van der Waals surface area contributed by atoms with Gasteiger partial charge in [-0.05, 0) is 17.7 Å². The number of esters is 1. The third-order valence-corrected chi connectivity index (χ3v) is 2.49. The lowest BCUT2D eigenvalue weighted by atomic mass is 10.1. The monoisotopic (exact) mass is 244 g/mol. The fraction of sp³-hybridized carbons (Fsp3) is 0.154. The Labute approximate surface area is 104 Å². The zero-order valence-corrected chi connectivity index (χ0v) is 9.83. The lowest BCUT2D eigenvalue weighted by molar-refractivity contribution is 0.0601. The smallest absolute Gasteiger partial charge is 0.337 e. The van der Waals surface area contributed by atoms with Crippen LogP contribution in [-0.2, 0) is 11.3 Å². The number of carbonyl (C=O) groups is 1. The zero-order valence-electron chi connectivity index (χ0n) is 9.83. The predicted octanol–water partition coefficient (Wildman–Crippen LogP) is 1.42. The Morgan fingerprint density at radius 1 is 1.17 bits per heavy atom. The van der Waals surface area contributed by atoms with Crippen LogP contribution >= 0.6 is 0 Å². The van der Waals surface area contributed by atoms with Gasteiger partial charge in [0.1, 0.15) is 6.61 Å². The van der Waals surface area contributed by atoms with Crippen molar-refractivity contribution in [3.63, 3.8) is 0 Å². The average Bonchev–Trinajstić information content (AvgIpc) is 2.47. The van der Waals surface area contributed by atoms with Crippen molar-refractivity contribution in [3.05, 3.63) is 48.0 Å². The average molecular weight is 244 g/mol. The second-order valence-electron chi connectivity index (χ2n) is 3.62. The summed E-state index contributed by atoms with van der Waals surface area (Å²) in [4.78, 5) is 19.3. The van der Waals surface area contributed by atoms with E-state index >= 15 is 0 Å². The van der Waals surface area contributed by atoms with Gasteiger partial charge in [0.05, 0.1) is 12.7 Å². The first-order chi connectivity index (χ1) is 8.74. The summed E-state index contributed by atoms with van der Waals surface area (Å²) in [5, 5.41) is 8.85. The van der Waals surface area contributed by atoms with Crippen LogP contribution in [0.25, 0.3) is 11.1 Å². The summed E-state index contributed by atoms with van der Waals surface area (Å²) in [6.07, 6.45) is 3.26. The third-order valence-electron chi connectivity index (χ3n) is 2.49. The largest absolute Gasteiger partial charge is 0.465 e. The van der Waals surface area contributed by atoms with Crippen molar-refractivity contribution in [1.82, 2.24) is 9.97 Å². The van der Waals surface area contributed by atoms with Crippen molar-refractivity contribution in [2.45, 2.75) is 6.61 Å². The number of carbonyl (C=O) groups excluding carboxylic acids is 1. The molecule has 0 aliphatic heterocycles. The molecule has 2 aromatic rings. The molecule has 0 atom stereocenters. The summed E-state index contributed by atoms with van der Waals surface area (Å²) in [6, 6.07) is 6.95. The van der Waals surface area contributed by atoms with Crippen molar-refractivity contribution in [3.8, 4) is 11.1 Å². The molecule has 0 spiro atoms. The molecule has 0 saturated carbocycles. The Bertz CT molecular complexity index is 535. The van der Waals surface area contributed by atoms with Gasteiger partial charge in [0.15, 0.2) is 5.82 Å². The summed E-state index contributed by atoms with van der Waals surface area (Å²) in [7, 11) is 1.34. The molecule has 18 heavy (non-hydrogen) atoms. The van der Waals surface area contributed by atoms with Crippen molar-refractivity contribution >= 4 is 5.97 Å². The fourth-order valence-corrected chi connectivity index (χ4v) is 1.50. The van der Waals surface area contributed by atoms with E-state index in [1.54, 1.807) is 36.7 Å². The number of ether oxygens (including phenoxy) is 1. The molecule has 1 aromatic heterocycles. The SMILES string of the molecule is COC(=O)c1ccc(-c2cnc(CO)nc2)cc1. The maximum atomic E-state index is 11.3. The number of benzene rings is 1.